The fraction of sp³-hybridized carbons (Fsp3) is 0.500. The van der Waals surface area contributed by atoms with Crippen LogP contribution < -0.4 is 0 Å². The number of hydrogen-bond donors (Lipinski definition) is 1. The van der Waals surface area contributed by atoms with Crippen molar-refractivity contribution in [3.05, 3.63) is 28.2 Å². The van der Waals surface area contributed by atoms with Gasteiger partial charge in [-0.2, -0.15) is 0 Å². The number of aliphatic hydroxyl groups excluding tert-OH is 1. The smallest absolute Gasteiger partial charge is 0.0772 e. The molecule has 2 nitrogen and oxygen atoms in total. The molecule has 16 heavy (non-hydrogen) atoms. The van der Waals surface area contributed by atoms with E-state index in [4.69, 9.17) is 4.74 Å². The maximum Gasteiger partial charge on any atom is 0.0772 e. The fourth-order valence-corrected chi connectivity index (χ4v) is 3.05. The molecule has 90 valence electrons. The second-order valence-electron chi connectivity index (χ2n) is 3.55. The molecular formula is C12H17BrO2S. The van der Waals surface area contributed by atoms with Crippen LogP contribution in [-0.4, -0.2) is 24.6 Å². The average Bonchev–Trinajstić information content (AvgIpc) is 2.24. The Bertz CT molecular complexity index is 329. The summed E-state index contributed by atoms with van der Waals surface area (Å²) in [6.07, 6.45) is 0.624. The van der Waals surface area contributed by atoms with E-state index in [1.807, 2.05) is 12.1 Å². The van der Waals surface area contributed by atoms with Crippen LogP contribution in [0.15, 0.2) is 27.6 Å². The Morgan fingerprint density at radius 2 is 2.25 bits per heavy atom. The van der Waals surface area contributed by atoms with Gasteiger partial charge in [0.2, 0.25) is 0 Å². The van der Waals surface area contributed by atoms with Gasteiger partial charge in [-0.15, -0.1) is 11.8 Å². The highest BCUT2D eigenvalue weighted by atomic mass is 79.9. The fourth-order valence-electron chi connectivity index (χ4n) is 1.33. The van der Waals surface area contributed by atoms with Gasteiger partial charge in [0.05, 0.1) is 6.10 Å². The van der Waals surface area contributed by atoms with Gasteiger partial charge in [0.25, 0.3) is 0 Å². The molecule has 0 saturated carbocycles. The third-order valence-corrected chi connectivity index (χ3v) is 3.95. The van der Waals surface area contributed by atoms with Gasteiger partial charge in [0.1, 0.15) is 0 Å². The highest BCUT2D eigenvalue weighted by Crippen LogP contribution is 2.29. The van der Waals surface area contributed by atoms with E-state index in [0.29, 0.717) is 0 Å². The monoisotopic (exact) mass is 304 g/mol. The minimum absolute atomic E-state index is 0.429. The molecule has 1 rings (SSSR count). The topological polar surface area (TPSA) is 29.5 Å². The quantitative estimate of drug-likeness (QED) is 0.643. The lowest BCUT2D eigenvalue weighted by molar-refractivity contribution is 0.198. The molecule has 0 radical (unpaired) electrons. The van der Waals surface area contributed by atoms with Gasteiger partial charge in [-0.1, -0.05) is 22.0 Å². The summed E-state index contributed by atoms with van der Waals surface area (Å²) in [6, 6.07) is 6.07. The Morgan fingerprint density at radius 3 is 2.81 bits per heavy atom. The number of halogens is 1. The van der Waals surface area contributed by atoms with Crippen LogP contribution in [0.3, 0.4) is 0 Å². The summed E-state index contributed by atoms with van der Waals surface area (Å²) < 4.78 is 5.97. The van der Waals surface area contributed by atoms with Crippen LogP contribution in [-0.2, 0) is 4.74 Å². The molecule has 0 heterocycles. The summed E-state index contributed by atoms with van der Waals surface area (Å²) in [4.78, 5) is 1.22. The molecule has 0 aliphatic rings. The Balaban J connectivity index is 2.53. The van der Waals surface area contributed by atoms with E-state index in [2.05, 4.69) is 22.0 Å². The predicted molar refractivity (Wildman–Crippen MR) is 72.0 cm³/mol. The third kappa shape index (κ3) is 4.45. The molecule has 0 fully saturated rings. The van der Waals surface area contributed by atoms with E-state index in [0.717, 1.165) is 28.8 Å². The molecule has 0 aromatic heterocycles. The minimum Gasteiger partial charge on any atom is -0.389 e. The molecule has 0 spiro atoms. The molecule has 0 amide bonds. The van der Waals surface area contributed by atoms with Crippen LogP contribution in [0.25, 0.3) is 0 Å². The lowest BCUT2D eigenvalue weighted by atomic mass is 10.1. The number of aliphatic hydroxyl groups is 1. The zero-order valence-electron chi connectivity index (χ0n) is 9.57. The van der Waals surface area contributed by atoms with Crippen LogP contribution in [0.2, 0.25) is 0 Å². The van der Waals surface area contributed by atoms with Crippen molar-refractivity contribution >= 4 is 27.7 Å². The first-order chi connectivity index (χ1) is 7.65. The van der Waals surface area contributed by atoms with Crippen molar-refractivity contribution in [2.45, 2.75) is 24.3 Å². The number of methoxy groups -OCH3 is 1. The third-order valence-electron chi connectivity index (χ3n) is 2.18. The van der Waals surface area contributed by atoms with Crippen molar-refractivity contribution in [3.8, 4) is 0 Å². The first kappa shape index (κ1) is 14.0. The van der Waals surface area contributed by atoms with Crippen molar-refractivity contribution in [1.29, 1.82) is 0 Å². The van der Waals surface area contributed by atoms with E-state index in [1.54, 1.807) is 25.8 Å². The normalized spacial score (nSPS) is 12.8. The van der Waals surface area contributed by atoms with Gasteiger partial charge in [-0.3, -0.25) is 0 Å². The molecule has 1 atom stereocenters. The van der Waals surface area contributed by atoms with Crippen molar-refractivity contribution in [1.82, 2.24) is 0 Å². The summed E-state index contributed by atoms with van der Waals surface area (Å²) in [5.41, 5.74) is 0.932. The van der Waals surface area contributed by atoms with E-state index in [9.17, 15) is 5.11 Å². The van der Waals surface area contributed by atoms with Crippen molar-refractivity contribution in [2.24, 2.45) is 0 Å². The second-order valence-corrected chi connectivity index (χ2v) is 5.58. The minimum atomic E-state index is -0.429. The zero-order valence-corrected chi connectivity index (χ0v) is 12.0. The number of ether oxygens (including phenoxy) is 1. The molecular weight excluding hydrogens is 288 g/mol. The molecule has 1 aromatic rings. The lowest BCUT2D eigenvalue weighted by Crippen LogP contribution is -1.93. The maximum absolute atomic E-state index is 9.49. The number of thioether (sulfide) groups is 1. The van der Waals surface area contributed by atoms with Crippen molar-refractivity contribution < 1.29 is 9.84 Å². The number of hydrogen-bond acceptors (Lipinski definition) is 3. The van der Waals surface area contributed by atoms with Gasteiger partial charge < -0.3 is 9.84 Å². The summed E-state index contributed by atoms with van der Waals surface area (Å²) in [6.45, 7) is 2.57. The molecule has 0 aliphatic carbocycles. The van der Waals surface area contributed by atoms with Crippen molar-refractivity contribution in [2.75, 3.05) is 19.5 Å². The van der Waals surface area contributed by atoms with Gasteiger partial charge in [-0.05, 0) is 31.0 Å². The maximum atomic E-state index is 9.49. The standard InChI is InChI=1S/C12H17BrO2S/c1-9(14)11-5-4-10(8-12(11)13)16-7-3-6-15-2/h4-5,8-9,14H,3,6-7H2,1-2H3. The van der Waals surface area contributed by atoms with Gasteiger partial charge in [0, 0.05) is 28.8 Å². The molecule has 4 heteroatoms. The lowest BCUT2D eigenvalue weighted by Gasteiger charge is -2.09. The Labute approximate surface area is 110 Å². The van der Waals surface area contributed by atoms with E-state index in [1.165, 1.54) is 4.90 Å². The van der Waals surface area contributed by atoms with E-state index in [-0.39, 0.29) is 0 Å². The Kier molecular flexibility index (Phi) is 6.43. The van der Waals surface area contributed by atoms with Gasteiger partial charge in [-0.25, -0.2) is 0 Å². The van der Waals surface area contributed by atoms with Crippen LogP contribution >= 0.6 is 27.7 Å². The average molecular weight is 305 g/mol. The zero-order chi connectivity index (χ0) is 12.0. The second kappa shape index (κ2) is 7.33. The molecule has 1 N–H and O–H groups in total. The first-order valence-corrected chi connectivity index (χ1v) is 7.02. The predicted octanol–water partition coefficient (Wildman–Crippen LogP) is 3.63. The summed E-state index contributed by atoms with van der Waals surface area (Å²) >= 11 is 5.28. The molecule has 0 saturated heterocycles. The first-order valence-electron chi connectivity index (χ1n) is 5.24. The van der Waals surface area contributed by atoms with E-state index < -0.39 is 6.10 Å². The highest BCUT2D eigenvalue weighted by molar-refractivity contribution is 9.10. The highest BCUT2D eigenvalue weighted by Gasteiger charge is 2.06. The van der Waals surface area contributed by atoms with Gasteiger partial charge >= 0.3 is 0 Å². The molecule has 0 aliphatic heterocycles. The SMILES string of the molecule is COCCCSc1ccc(C(C)O)c(Br)c1. The molecule has 0 bridgehead atoms. The molecule has 1 aromatic carbocycles. The van der Waals surface area contributed by atoms with Gasteiger partial charge in [0.15, 0.2) is 0 Å². The van der Waals surface area contributed by atoms with Crippen molar-refractivity contribution in [3.63, 3.8) is 0 Å². The summed E-state index contributed by atoms with van der Waals surface area (Å²) in [5, 5.41) is 9.49. The van der Waals surface area contributed by atoms with Crippen LogP contribution in [0.4, 0.5) is 0 Å². The molecule has 1 unspecified atom stereocenters. The van der Waals surface area contributed by atoms with E-state index >= 15 is 0 Å². The van der Waals surface area contributed by atoms with Crippen LogP contribution in [0, 0.1) is 0 Å². The summed E-state index contributed by atoms with van der Waals surface area (Å²) in [5.74, 6) is 1.05. The summed E-state index contributed by atoms with van der Waals surface area (Å²) in [7, 11) is 1.72. The Hall–Kier alpha value is -0.0300. The number of benzene rings is 1. The van der Waals surface area contributed by atoms with Crippen LogP contribution in [0.5, 0.6) is 0 Å². The largest absolute Gasteiger partial charge is 0.389 e. The van der Waals surface area contributed by atoms with Crippen LogP contribution in [0.1, 0.15) is 25.0 Å². The Morgan fingerprint density at radius 1 is 1.50 bits per heavy atom. The number of rotatable bonds is 6.